The van der Waals surface area contributed by atoms with E-state index in [1.54, 1.807) is 37.3 Å². The highest BCUT2D eigenvalue weighted by Crippen LogP contribution is 2.37. The van der Waals surface area contributed by atoms with Crippen LogP contribution in [0.25, 0.3) is 0 Å². The van der Waals surface area contributed by atoms with Gasteiger partial charge >= 0.3 is 0 Å². The van der Waals surface area contributed by atoms with E-state index in [9.17, 15) is 14.0 Å². The Morgan fingerprint density at radius 2 is 2.00 bits per heavy atom. The third-order valence-electron chi connectivity index (χ3n) is 4.02. The zero-order valence-electron chi connectivity index (χ0n) is 13.1. The Labute approximate surface area is 144 Å². The average molecular weight is 347 g/mol. The maximum Gasteiger partial charge on any atom is 0.244 e. The number of anilines is 1. The second-order valence-electron chi connectivity index (χ2n) is 5.61. The Morgan fingerprint density at radius 3 is 2.67 bits per heavy atom. The van der Waals surface area contributed by atoms with E-state index in [-0.39, 0.29) is 30.6 Å². The summed E-state index contributed by atoms with van der Waals surface area (Å²) in [5, 5.41) is 3.30. The number of carbonyl (C=O) groups is 2. The summed E-state index contributed by atoms with van der Waals surface area (Å²) in [7, 11) is 0. The quantitative estimate of drug-likeness (QED) is 0.900. The zero-order valence-corrected chi connectivity index (χ0v) is 13.8. The number of fused-ring (bicyclic) bond motifs is 1. The fourth-order valence-corrected chi connectivity index (χ4v) is 3.10. The van der Waals surface area contributed by atoms with Crippen molar-refractivity contribution < 1.29 is 14.0 Å². The normalized spacial score (nSPS) is 17.0. The summed E-state index contributed by atoms with van der Waals surface area (Å²) in [6.07, 6.45) is 0.265. The van der Waals surface area contributed by atoms with Crippen LogP contribution in [-0.2, 0) is 9.59 Å². The van der Waals surface area contributed by atoms with E-state index in [0.717, 1.165) is 5.56 Å². The van der Waals surface area contributed by atoms with E-state index in [4.69, 9.17) is 11.6 Å². The molecule has 24 heavy (non-hydrogen) atoms. The third-order valence-corrected chi connectivity index (χ3v) is 4.25. The first-order valence-electron chi connectivity index (χ1n) is 7.64. The maximum atomic E-state index is 13.3. The molecular formula is C18H16ClFN2O2. The Hall–Kier alpha value is -2.40. The fraction of sp³-hybridized carbons (Fsp3) is 0.222. The van der Waals surface area contributed by atoms with E-state index >= 15 is 0 Å². The van der Waals surface area contributed by atoms with Gasteiger partial charge < -0.3 is 10.2 Å². The molecule has 0 aromatic heterocycles. The van der Waals surface area contributed by atoms with Crippen LogP contribution in [0.4, 0.5) is 10.1 Å². The number of carbonyl (C=O) groups excluding carboxylic acids is 2. The molecule has 1 aliphatic heterocycles. The van der Waals surface area contributed by atoms with E-state index < -0.39 is 6.04 Å². The van der Waals surface area contributed by atoms with Crippen LogP contribution in [0.5, 0.6) is 0 Å². The molecule has 0 unspecified atom stereocenters. The van der Waals surface area contributed by atoms with Crippen LogP contribution in [0.3, 0.4) is 0 Å². The molecule has 6 heteroatoms. The predicted molar refractivity (Wildman–Crippen MR) is 90.3 cm³/mol. The van der Waals surface area contributed by atoms with Crippen molar-refractivity contribution in [2.75, 3.05) is 11.9 Å². The van der Waals surface area contributed by atoms with Gasteiger partial charge in [0.15, 0.2) is 0 Å². The van der Waals surface area contributed by atoms with Crippen LogP contribution >= 0.6 is 11.6 Å². The van der Waals surface area contributed by atoms with Gasteiger partial charge in [0.2, 0.25) is 11.8 Å². The lowest BCUT2D eigenvalue weighted by Crippen LogP contribution is -2.38. The number of hydrogen-bond donors (Lipinski definition) is 1. The molecule has 2 aromatic rings. The molecule has 4 nitrogen and oxygen atoms in total. The number of rotatable bonds is 2. The first-order valence-corrected chi connectivity index (χ1v) is 8.01. The molecule has 1 heterocycles. The standard InChI is InChI=1S/C18H16ClFN2O2/c1-2-17(24)22-10-16(23)21-15-8-5-12(19)9-14(15)18(22)11-3-6-13(20)7-4-11/h3-9,18H,2,10H2,1H3,(H,21,23)/t18-/m0/s1. The smallest absolute Gasteiger partial charge is 0.244 e. The van der Waals surface area contributed by atoms with Crippen molar-refractivity contribution in [2.24, 2.45) is 0 Å². The fourth-order valence-electron chi connectivity index (χ4n) is 2.92. The maximum absolute atomic E-state index is 13.3. The molecule has 1 aliphatic rings. The summed E-state index contributed by atoms with van der Waals surface area (Å²) in [5.74, 6) is -0.793. The van der Waals surface area contributed by atoms with E-state index in [2.05, 4.69) is 5.32 Å². The number of halogens is 2. The average Bonchev–Trinajstić information content (AvgIpc) is 2.71. The van der Waals surface area contributed by atoms with Crippen molar-refractivity contribution >= 4 is 29.1 Å². The van der Waals surface area contributed by atoms with Gasteiger partial charge in [-0.2, -0.15) is 0 Å². The van der Waals surface area contributed by atoms with Crippen molar-refractivity contribution in [1.29, 1.82) is 0 Å². The summed E-state index contributed by atoms with van der Waals surface area (Å²) in [6.45, 7) is 1.67. The summed E-state index contributed by atoms with van der Waals surface area (Å²) in [4.78, 5) is 26.1. The second kappa shape index (κ2) is 6.61. The van der Waals surface area contributed by atoms with Gasteiger partial charge in [-0.1, -0.05) is 30.7 Å². The summed E-state index contributed by atoms with van der Waals surface area (Å²) in [5.41, 5.74) is 2.03. The highest BCUT2D eigenvalue weighted by Gasteiger charge is 2.32. The molecule has 0 saturated heterocycles. The predicted octanol–water partition coefficient (Wildman–Crippen LogP) is 3.76. The molecule has 0 aliphatic carbocycles. The highest BCUT2D eigenvalue weighted by atomic mass is 35.5. The number of nitrogens with zero attached hydrogens (tertiary/aromatic N) is 1. The van der Waals surface area contributed by atoms with Gasteiger partial charge in [0.05, 0.1) is 6.04 Å². The van der Waals surface area contributed by atoms with Crippen molar-refractivity contribution in [3.8, 4) is 0 Å². The summed E-state index contributed by atoms with van der Waals surface area (Å²) in [6, 6.07) is 10.5. The first kappa shape index (κ1) is 16.5. The van der Waals surface area contributed by atoms with Crippen LogP contribution < -0.4 is 5.32 Å². The van der Waals surface area contributed by atoms with E-state index in [0.29, 0.717) is 16.3 Å². The van der Waals surface area contributed by atoms with Gasteiger partial charge in [-0.25, -0.2) is 4.39 Å². The molecule has 0 fully saturated rings. The minimum Gasteiger partial charge on any atom is -0.324 e. The van der Waals surface area contributed by atoms with Crippen LogP contribution in [0.1, 0.15) is 30.5 Å². The van der Waals surface area contributed by atoms with Crippen LogP contribution in [0.15, 0.2) is 42.5 Å². The van der Waals surface area contributed by atoms with Gasteiger partial charge in [0.1, 0.15) is 12.4 Å². The minimum absolute atomic E-state index is 0.0684. The van der Waals surface area contributed by atoms with E-state index in [1.807, 2.05) is 0 Å². The Kier molecular flexibility index (Phi) is 4.53. The highest BCUT2D eigenvalue weighted by molar-refractivity contribution is 6.30. The largest absolute Gasteiger partial charge is 0.324 e. The SMILES string of the molecule is CCC(=O)N1CC(=O)Nc2ccc(Cl)cc2[C@@H]1c1ccc(F)cc1. The molecule has 0 radical (unpaired) electrons. The Balaban J connectivity index is 2.20. The van der Waals surface area contributed by atoms with Gasteiger partial charge in [0.25, 0.3) is 0 Å². The molecule has 3 rings (SSSR count). The van der Waals surface area contributed by atoms with Gasteiger partial charge in [-0.05, 0) is 35.9 Å². The minimum atomic E-state index is -0.509. The van der Waals surface area contributed by atoms with Gasteiger partial charge in [-0.15, -0.1) is 0 Å². The molecule has 1 N–H and O–H groups in total. The number of hydrogen-bond acceptors (Lipinski definition) is 2. The number of nitrogens with one attached hydrogen (secondary N) is 1. The Morgan fingerprint density at radius 1 is 1.29 bits per heavy atom. The lowest BCUT2D eigenvalue weighted by atomic mass is 9.95. The molecule has 124 valence electrons. The van der Waals surface area contributed by atoms with Gasteiger partial charge in [0, 0.05) is 22.7 Å². The molecule has 2 aromatic carbocycles. The van der Waals surface area contributed by atoms with Crippen molar-refractivity contribution in [3.63, 3.8) is 0 Å². The topological polar surface area (TPSA) is 49.4 Å². The molecule has 0 bridgehead atoms. The van der Waals surface area contributed by atoms with Crippen LogP contribution in [0.2, 0.25) is 5.02 Å². The summed E-state index contributed by atoms with van der Waals surface area (Å²) < 4.78 is 13.3. The van der Waals surface area contributed by atoms with E-state index in [1.165, 1.54) is 17.0 Å². The van der Waals surface area contributed by atoms with Crippen molar-refractivity contribution in [3.05, 3.63) is 64.4 Å². The molecule has 1 atom stereocenters. The second-order valence-corrected chi connectivity index (χ2v) is 6.05. The molecular weight excluding hydrogens is 331 g/mol. The van der Waals surface area contributed by atoms with Crippen LogP contribution in [0, 0.1) is 5.82 Å². The van der Waals surface area contributed by atoms with Gasteiger partial charge in [-0.3, -0.25) is 9.59 Å². The number of benzene rings is 2. The summed E-state index contributed by atoms with van der Waals surface area (Å²) >= 11 is 6.13. The van der Waals surface area contributed by atoms with Crippen molar-refractivity contribution in [1.82, 2.24) is 4.90 Å². The Bertz CT molecular complexity index is 792. The monoisotopic (exact) mass is 346 g/mol. The zero-order chi connectivity index (χ0) is 17.3. The lowest BCUT2D eigenvalue weighted by Gasteiger charge is -2.30. The molecule has 0 saturated carbocycles. The third kappa shape index (κ3) is 3.12. The van der Waals surface area contributed by atoms with Crippen molar-refractivity contribution in [2.45, 2.75) is 19.4 Å². The van der Waals surface area contributed by atoms with Crippen LogP contribution in [-0.4, -0.2) is 23.3 Å². The molecule has 0 spiro atoms. The first-order chi connectivity index (χ1) is 11.5. The molecule has 2 amide bonds. The number of amides is 2. The lowest BCUT2D eigenvalue weighted by molar-refractivity contribution is -0.135.